The summed E-state index contributed by atoms with van der Waals surface area (Å²) in [5.74, 6) is 1.55. The van der Waals surface area contributed by atoms with Gasteiger partial charge in [0.15, 0.2) is 5.76 Å². The van der Waals surface area contributed by atoms with Gasteiger partial charge in [-0.2, -0.15) is 4.31 Å². The molecule has 34 heavy (non-hydrogen) atoms. The smallest absolute Gasteiger partial charge is 0.288 e. The fraction of sp³-hybridized carbons (Fsp3) is 0.625. The van der Waals surface area contributed by atoms with Crippen LogP contribution in [0.5, 0.6) is 5.75 Å². The lowest BCUT2D eigenvalue weighted by Crippen LogP contribution is -2.38. The van der Waals surface area contributed by atoms with Crippen LogP contribution in [0.4, 0.5) is 0 Å². The number of carbonyl (C=O) groups excluding carboxylic acids is 1. The molecule has 1 amide bonds. The van der Waals surface area contributed by atoms with E-state index in [0.29, 0.717) is 23.8 Å². The molecule has 1 saturated carbocycles. The molecule has 0 bridgehead atoms. The van der Waals surface area contributed by atoms with E-state index in [9.17, 15) is 18.3 Å². The molecule has 1 aromatic carbocycles. The number of aliphatic hydroxyl groups excluding tert-OH is 1. The van der Waals surface area contributed by atoms with E-state index in [4.69, 9.17) is 14.2 Å². The van der Waals surface area contributed by atoms with E-state index in [1.807, 2.05) is 6.08 Å². The average molecular weight is 495 g/mol. The molecule has 1 N–H and O–H groups in total. The van der Waals surface area contributed by atoms with Crippen LogP contribution in [0.2, 0.25) is 0 Å². The summed E-state index contributed by atoms with van der Waals surface area (Å²) >= 11 is 0. The highest BCUT2D eigenvalue weighted by molar-refractivity contribution is 7.89. The topological polar surface area (TPSA) is 105 Å². The van der Waals surface area contributed by atoms with Gasteiger partial charge in [0.1, 0.15) is 5.75 Å². The van der Waals surface area contributed by atoms with Gasteiger partial charge in [-0.25, -0.2) is 8.42 Å². The molecule has 0 aromatic heterocycles. The van der Waals surface area contributed by atoms with Gasteiger partial charge >= 0.3 is 0 Å². The number of hydrogen-bond acceptors (Lipinski definition) is 7. The summed E-state index contributed by atoms with van der Waals surface area (Å²) in [6, 6.07) is 6.12. The lowest BCUT2D eigenvalue weighted by Gasteiger charge is -2.32. The normalized spacial score (nSPS) is 23.0. The molecule has 2 heterocycles. The molecule has 10 heteroatoms. The Kier molecular flexibility index (Phi) is 8.13. The Labute approximate surface area is 201 Å². The zero-order chi connectivity index (χ0) is 24.1. The summed E-state index contributed by atoms with van der Waals surface area (Å²) in [5, 5.41) is 9.45. The van der Waals surface area contributed by atoms with E-state index in [-0.39, 0.29) is 43.0 Å². The fourth-order valence-corrected chi connectivity index (χ4v) is 6.12. The summed E-state index contributed by atoms with van der Waals surface area (Å²) in [7, 11) is -2.30. The SMILES string of the molecule is COc1ccc(S(=O)(=O)N(CCO)CCO[C@H]2C[C@@H](C3CCCC3)C=C(C(=O)N3CC3)O2)cc1. The van der Waals surface area contributed by atoms with Crippen molar-refractivity contribution in [3.05, 3.63) is 36.1 Å². The molecule has 0 unspecified atom stereocenters. The van der Waals surface area contributed by atoms with Gasteiger partial charge in [-0.1, -0.05) is 12.8 Å². The Morgan fingerprint density at radius 1 is 1.18 bits per heavy atom. The molecule has 2 fully saturated rings. The molecule has 1 aromatic rings. The van der Waals surface area contributed by atoms with E-state index >= 15 is 0 Å². The van der Waals surface area contributed by atoms with Crippen molar-refractivity contribution in [3.63, 3.8) is 0 Å². The minimum Gasteiger partial charge on any atom is -0.497 e. The van der Waals surface area contributed by atoms with Crippen molar-refractivity contribution in [2.24, 2.45) is 11.8 Å². The van der Waals surface area contributed by atoms with Gasteiger partial charge in [-0.05, 0) is 55.0 Å². The van der Waals surface area contributed by atoms with Gasteiger partial charge in [-0.3, -0.25) is 4.79 Å². The second kappa shape index (κ2) is 11.1. The first-order valence-corrected chi connectivity index (χ1v) is 13.4. The Bertz CT molecular complexity index is 970. The largest absolute Gasteiger partial charge is 0.497 e. The highest BCUT2D eigenvalue weighted by Gasteiger charge is 2.37. The highest BCUT2D eigenvalue weighted by Crippen LogP contribution is 2.38. The number of hydrogen-bond donors (Lipinski definition) is 1. The number of benzene rings is 1. The van der Waals surface area contributed by atoms with Crippen molar-refractivity contribution < 1.29 is 32.5 Å². The van der Waals surface area contributed by atoms with Crippen LogP contribution in [0.1, 0.15) is 32.1 Å². The average Bonchev–Trinajstić information content (AvgIpc) is 3.56. The zero-order valence-electron chi connectivity index (χ0n) is 19.6. The third kappa shape index (κ3) is 5.91. The summed E-state index contributed by atoms with van der Waals surface area (Å²) in [4.78, 5) is 14.5. The third-order valence-electron chi connectivity index (χ3n) is 6.73. The summed E-state index contributed by atoms with van der Waals surface area (Å²) in [5.41, 5.74) is 0. The highest BCUT2D eigenvalue weighted by atomic mass is 32.2. The first-order chi connectivity index (χ1) is 16.4. The molecular weight excluding hydrogens is 460 g/mol. The van der Waals surface area contributed by atoms with Gasteiger partial charge < -0.3 is 24.2 Å². The van der Waals surface area contributed by atoms with Crippen molar-refractivity contribution in [3.8, 4) is 5.75 Å². The molecule has 3 aliphatic rings. The summed E-state index contributed by atoms with van der Waals surface area (Å²) in [6.45, 7) is 1.28. The van der Waals surface area contributed by atoms with Crippen molar-refractivity contribution in [2.75, 3.05) is 46.5 Å². The quantitative estimate of drug-likeness (QED) is 0.469. The van der Waals surface area contributed by atoms with E-state index in [1.165, 1.54) is 36.4 Å². The minimum atomic E-state index is -3.82. The van der Waals surface area contributed by atoms with Gasteiger partial charge in [0.2, 0.25) is 16.3 Å². The molecule has 0 spiro atoms. The minimum absolute atomic E-state index is 0.0491. The third-order valence-corrected chi connectivity index (χ3v) is 8.64. The van der Waals surface area contributed by atoms with Crippen LogP contribution >= 0.6 is 0 Å². The first-order valence-electron chi connectivity index (χ1n) is 12.0. The van der Waals surface area contributed by atoms with Crippen LogP contribution in [0.15, 0.2) is 41.0 Å². The molecule has 0 radical (unpaired) electrons. The van der Waals surface area contributed by atoms with Crippen LogP contribution in [0.3, 0.4) is 0 Å². The maximum absolute atomic E-state index is 13.1. The summed E-state index contributed by atoms with van der Waals surface area (Å²) < 4.78 is 44.3. The lowest BCUT2D eigenvalue weighted by atomic mass is 9.86. The number of carbonyl (C=O) groups is 1. The molecule has 9 nitrogen and oxygen atoms in total. The van der Waals surface area contributed by atoms with E-state index in [2.05, 4.69) is 0 Å². The fourth-order valence-electron chi connectivity index (χ4n) is 4.71. The van der Waals surface area contributed by atoms with E-state index < -0.39 is 16.3 Å². The van der Waals surface area contributed by atoms with E-state index in [0.717, 1.165) is 25.9 Å². The molecule has 2 aliphatic heterocycles. The number of nitrogens with zero attached hydrogens (tertiary/aromatic N) is 2. The molecule has 1 aliphatic carbocycles. The molecule has 2 atom stereocenters. The second-order valence-electron chi connectivity index (χ2n) is 8.99. The lowest BCUT2D eigenvalue weighted by molar-refractivity contribution is -0.153. The van der Waals surface area contributed by atoms with Crippen molar-refractivity contribution in [2.45, 2.75) is 43.3 Å². The van der Waals surface area contributed by atoms with Crippen LogP contribution in [0.25, 0.3) is 0 Å². The van der Waals surface area contributed by atoms with Crippen LogP contribution < -0.4 is 4.74 Å². The van der Waals surface area contributed by atoms with Crippen LogP contribution in [0, 0.1) is 11.8 Å². The zero-order valence-corrected chi connectivity index (χ0v) is 20.4. The van der Waals surface area contributed by atoms with Crippen molar-refractivity contribution >= 4 is 15.9 Å². The predicted octanol–water partition coefficient (Wildman–Crippen LogP) is 1.97. The number of methoxy groups -OCH3 is 1. The van der Waals surface area contributed by atoms with Gasteiger partial charge in [-0.15, -0.1) is 0 Å². The Balaban J connectivity index is 1.39. The summed E-state index contributed by atoms with van der Waals surface area (Å²) in [6.07, 6.45) is 6.71. The number of rotatable bonds is 11. The standard InChI is InChI=1S/C24H34N2O7S/c1-31-20-6-8-21(9-7-20)34(29,30)26(12-14-27)13-15-32-23-17-19(18-4-2-3-5-18)16-22(33-23)24(28)25-10-11-25/h6-9,16,18-19,23,27H,2-5,10-15,17H2,1H3/t19-,23+/m0/s1. The monoisotopic (exact) mass is 494 g/mol. The van der Waals surface area contributed by atoms with Crippen molar-refractivity contribution in [1.82, 2.24) is 9.21 Å². The van der Waals surface area contributed by atoms with Gasteiger partial charge in [0.05, 0.1) is 25.2 Å². The predicted molar refractivity (Wildman–Crippen MR) is 124 cm³/mol. The Hall–Kier alpha value is -2.14. The molecular formula is C24H34N2O7S. The first kappa shape index (κ1) is 25.0. The Morgan fingerprint density at radius 2 is 1.88 bits per heavy atom. The second-order valence-corrected chi connectivity index (χ2v) is 10.9. The molecule has 4 rings (SSSR count). The maximum atomic E-state index is 13.1. The molecule has 1 saturated heterocycles. The number of sulfonamides is 1. The van der Waals surface area contributed by atoms with Gasteiger partial charge in [0.25, 0.3) is 5.91 Å². The number of allylic oxidation sites excluding steroid dienone is 1. The van der Waals surface area contributed by atoms with Crippen molar-refractivity contribution in [1.29, 1.82) is 0 Å². The maximum Gasteiger partial charge on any atom is 0.288 e. The number of ether oxygens (including phenoxy) is 3. The van der Waals surface area contributed by atoms with Crippen LogP contribution in [-0.4, -0.2) is 81.4 Å². The number of amides is 1. The van der Waals surface area contributed by atoms with Crippen LogP contribution in [-0.2, 0) is 24.3 Å². The van der Waals surface area contributed by atoms with Gasteiger partial charge in [0, 0.05) is 32.6 Å². The Morgan fingerprint density at radius 3 is 2.50 bits per heavy atom. The van der Waals surface area contributed by atoms with E-state index in [1.54, 1.807) is 17.0 Å². The molecule has 188 valence electrons. The number of aliphatic hydroxyl groups is 1.